The number of nitrogens with one attached hydrogen (secondary N) is 1. The first-order valence-electron chi connectivity index (χ1n) is 6.30. The van der Waals surface area contributed by atoms with E-state index in [9.17, 15) is 8.42 Å². The van der Waals surface area contributed by atoms with Gasteiger partial charge in [-0.3, -0.25) is 4.40 Å². The normalized spacial score (nSPS) is 20.4. The molecule has 0 saturated carbocycles. The van der Waals surface area contributed by atoms with E-state index in [4.69, 9.17) is 11.6 Å². The number of fused-ring (bicyclic) bond motifs is 1. The number of hydrogen-bond donors (Lipinski definition) is 1. The molecule has 3 rings (SSSR count). The Labute approximate surface area is 126 Å². The number of sulfonamides is 1. The van der Waals surface area contributed by atoms with Gasteiger partial charge in [0.1, 0.15) is 5.65 Å². The predicted octanol–water partition coefficient (Wildman–Crippen LogP) is 2.16. The highest BCUT2D eigenvalue weighted by molar-refractivity contribution is 7.99. The Hall–Kier alpha value is -0.760. The molecular weight excluding hydrogens is 318 g/mol. The van der Waals surface area contributed by atoms with E-state index in [-0.39, 0.29) is 16.2 Å². The van der Waals surface area contributed by atoms with Crippen LogP contribution in [-0.4, -0.2) is 35.4 Å². The third kappa shape index (κ3) is 2.67. The van der Waals surface area contributed by atoms with Gasteiger partial charge in [0.2, 0.25) is 0 Å². The summed E-state index contributed by atoms with van der Waals surface area (Å²) >= 11 is 7.78. The lowest BCUT2D eigenvalue weighted by Crippen LogP contribution is -2.38. The molecule has 0 aliphatic carbocycles. The number of rotatable bonds is 3. The van der Waals surface area contributed by atoms with Crippen molar-refractivity contribution in [3.8, 4) is 0 Å². The highest BCUT2D eigenvalue weighted by atomic mass is 35.5. The number of halogens is 1. The number of aromatic nitrogens is 2. The van der Waals surface area contributed by atoms with Crippen LogP contribution in [0.5, 0.6) is 0 Å². The Morgan fingerprint density at radius 2 is 2.30 bits per heavy atom. The first kappa shape index (κ1) is 14.2. The van der Waals surface area contributed by atoms with Gasteiger partial charge in [-0.25, -0.2) is 18.1 Å². The summed E-state index contributed by atoms with van der Waals surface area (Å²) in [5.74, 6) is 1.89. The molecule has 1 atom stereocenters. The zero-order chi connectivity index (χ0) is 14.2. The summed E-state index contributed by atoms with van der Waals surface area (Å²) in [6.07, 6.45) is 3.54. The topological polar surface area (TPSA) is 63.5 Å². The lowest BCUT2D eigenvalue weighted by atomic mass is 10.2. The van der Waals surface area contributed by atoms with Crippen molar-refractivity contribution < 1.29 is 8.42 Å². The second kappa shape index (κ2) is 5.55. The van der Waals surface area contributed by atoms with Gasteiger partial charge >= 0.3 is 0 Å². The van der Waals surface area contributed by atoms with Crippen LogP contribution in [0.25, 0.3) is 5.65 Å². The Morgan fingerprint density at radius 3 is 3.05 bits per heavy atom. The third-order valence-electron chi connectivity index (χ3n) is 3.18. The van der Waals surface area contributed by atoms with Gasteiger partial charge in [-0.1, -0.05) is 17.7 Å². The minimum absolute atomic E-state index is 0.00663. The van der Waals surface area contributed by atoms with E-state index in [2.05, 4.69) is 9.71 Å². The second-order valence-electron chi connectivity index (χ2n) is 4.67. The summed E-state index contributed by atoms with van der Waals surface area (Å²) in [7, 11) is -3.67. The molecule has 8 heteroatoms. The highest BCUT2D eigenvalue weighted by Crippen LogP contribution is 2.24. The van der Waals surface area contributed by atoms with Crippen molar-refractivity contribution in [2.75, 3.05) is 11.5 Å². The van der Waals surface area contributed by atoms with E-state index in [1.54, 1.807) is 36.2 Å². The number of pyridine rings is 1. The largest absolute Gasteiger partial charge is 0.288 e. The van der Waals surface area contributed by atoms with Crippen molar-refractivity contribution in [3.63, 3.8) is 0 Å². The zero-order valence-electron chi connectivity index (χ0n) is 10.6. The molecule has 0 spiro atoms. The van der Waals surface area contributed by atoms with Crippen LogP contribution in [0.1, 0.15) is 12.8 Å². The first-order valence-corrected chi connectivity index (χ1v) is 9.32. The maximum absolute atomic E-state index is 12.5. The van der Waals surface area contributed by atoms with Gasteiger partial charge in [-0.2, -0.15) is 11.8 Å². The van der Waals surface area contributed by atoms with Crippen LogP contribution < -0.4 is 4.72 Å². The van der Waals surface area contributed by atoms with E-state index >= 15 is 0 Å². The van der Waals surface area contributed by atoms with Crippen LogP contribution in [-0.2, 0) is 10.0 Å². The smallest absolute Gasteiger partial charge is 0.260 e. The molecular formula is C12H14ClN3O2S2. The summed E-state index contributed by atoms with van der Waals surface area (Å²) < 4.78 is 29.3. The molecule has 1 aliphatic heterocycles. The fourth-order valence-electron chi connectivity index (χ4n) is 2.29. The van der Waals surface area contributed by atoms with Gasteiger partial charge < -0.3 is 0 Å². The molecule has 20 heavy (non-hydrogen) atoms. The van der Waals surface area contributed by atoms with Gasteiger partial charge in [-0.15, -0.1) is 0 Å². The lowest BCUT2D eigenvalue weighted by molar-refractivity contribution is 0.539. The van der Waals surface area contributed by atoms with Gasteiger partial charge in [0, 0.05) is 18.0 Å². The molecule has 1 fully saturated rings. The zero-order valence-corrected chi connectivity index (χ0v) is 13.0. The maximum atomic E-state index is 12.5. The Morgan fingerprint density at radius 1 is 1.45 bits per heavy atom. The van der Waals surface area contributed by atoms with Crippen molar-refractivity contribution >= 4 is 39.0 Å². The quantitative estimate of drug-likeness (QED) is 0.936. The molecule has 1 saturated heterocycles. The Kier molecular flexibility index (Phi) is 3.94. The summed E-state index contributed by atoms with van der Waals surface area (Å²) in [6.45, 7) is 0. The minimum atomic E-state index is -3.67. The van der Waals surface area contributed by atoms with E-state index < -0.39 is 10.0 Å². The van der Waals surface area contributed by atoms with E-state index in [1.165, 1.54) is 4.40 Å². The lowest BCUT2D eigenvalue weighted by Gasteiger charge is -2.22. The van der Waals surface area contributed by atoms with Gasteiger partial charge in [0.05, 0.1) is 0 Å². The van der Waals surface area contributed by atoms with Crippen LogP contribution in [0.4, 0.5) is 0 Å². The number of hydrogen-bond acceptors (Lipinski definition) is 4. The fraction of sp³-hybridized carbons (Fsp3) is 0.417. The van der Waals surface area contributed by atoms with E-state index in [0.717, 1.165) is 24.3 Å². The molecule has 0 radical (unpaired) electrons. The molecule has 2 aromatic rings. The van der Waals surface area contributed by atoms with Crippen molar-refractivity contribution in [2.24, 2.45) is 0 Å². The maximum Gasteiger partial charge on any atom is 0.260 e. The standard InChI is InChI=1S/C12H14ClN3O2S2/c13-11-12(16-6-2-1-5-10(16)14-11)20(17,18)15-9-4-3-7-19-8-9/h1-2,5-6,9,15H,3-4,7-8H2. The molecule has 3 heterocycles. The summed E-state index contributed by atoms with van der Waals surface area (Å²) in [5, 5.41) is 0.0255. The van der Waals surface area contributed by atoms with E-state index in [1.807, 2.05) is 0 Å². The van der Waals surface area contributed by atoms with E-state index in [0.29, 0.717) is 5.65 Å². The van der Waals surface area contributed by atoms with Crippen LogP contribution in [0.15, 0.2) is 29.4 Å². The molecule has 1 aliphatic rings. The summed E-state index contributed by atoms with van der Waals surface area (Å²) in [6, 6.07) is 5.23. The average Bonchev–Trinajstić information content (AvgIpc) is 2.75. The molecule has 108 valence electrons. The molecule has 1 unspecified atom stereocenters. The fourth-order valence-corrected chi connectivity index (χ4v) is 5.39. The number of thioether (sulfide) groups is 1. The predicted molar refractivity (Wildman–Crippen MR) is 80.9 cm³/mol. The van der Waals surface area contributed by atoms with Crippen LogP contribution in [0, 0.1) is 0 Å². The Bertz CT molecular complexity index is 723. The molecule has 2 aromatic heterocycles. The monoisotopic (exact) mass is 331 g/mol. The van der Waals surface area contributed by atoms with Crippen LogP contribution in [0.2, 0.25) is 5.15 Å². The molecule has 5 nitrogen and oxygen atoms in total. The second-order valence-corrected chi connectivity index (χ2v) is 7.81. The number of nitrogens with zero attached hydrogens (tertiary/aromatic N) is 2. The van der Waals surface area contributed by atoms with Gasteiger partial charge in [0.25, 0.3) is 10.0 Å². The molecule has 0 bridgehead atoms. The minimum Gasteiger partial charge on any atom is -0.288 e. The molecule has 0 amide bonds. The summed E-state index contributed by atoms with van der Waals surface area (Å²) in [4.78, 5) is 4.08. The Balaban J connectivity index is 1.98. The summed E-state index contributed by atoms with van der Waals surface area (Å²) in [5.41, 5.74) is 0.524. The molecule has 1 N–H and O–H groups in total. The average molecular weight is 332 g/mol. The van der Waals surface area contributed by atoms with Gasteiger partial charge in [0.15, 0.2) is 10.2 Å². The van der Waals surface area contributed by atoms with Crippen molar-refractivity contribution in [3.05, 3.63) is 29.5 Å². The van der Waals surface area contributed by atoms with Gasteiger partial charge in [-0.05, 0) is 30.7 Å². The number of imidazole rings is 1. The molecule has 0 aromatic carbocycles. The highest BCUT2D eigenvalue weighted by Gasteiger charge is 2.27. The van der Waals surface area contributed by atoms with Crippen molar-refractivity contribution in [1.82, 2.24) is 14.1 Å². The SMILES string of the molecule is O=S(=O)(NC1CCCSC1)c1c(Cl)nc2ccccn12. The van der Waals surface area contributed by atoms with Crippen LogP contribution in [0.3, 0.4) is 0 Å². The van der Waals surface area contributed by atoms with Crippen LogP contribution >= 0.6 is 23.4 Å². The third-order valence-corrected chi connectivity index (χ3v) is 6.32. The van der Waals surface area contributed by atoms with Crippen molar-refractivity contribution in [1.29, 1.82) is 0 Å². The van der Waals surface area contributed by atoms with Crippen molar-refractivity contribution in [2.45, 2.75) is 23.9 Å². The first-order chi connectivity index (χ1) is 9.58.